The largest absolute Gasteiger partial charge is 0.355 e. The predicted octanol–water partition coefficient (Wildman–Crippen LogP) is 2.43. The lowest BCUT2D eigenvalue weighted by atomic mass is 10.2. The number of halogens is 1. The lowest BCUT2D eigenvalue weighted by Crippen LogP contribution is -2.26. The maximum atomic E-state index is 11.5. The number of carbonyl (C=O) groups excluding carboxylic acids is 1. The van der Waals surface area contributed by atoms with Crippen LogP contribution >= 0.6 is 11.6 Å². The zero-order chi connectivity index (χ0) is 11.5. The summed E-state index contributed by atoms with van der Waals surface area (Å²) in [6, 6.07) is 7.65. The van der Waals surface area contributed by atoms with Crippen molar-refractivity contribution in [3.8, 4) is 0 Å². The number of hydrogen-bond acceptors (Lipinski definition) is 1. The molecule has 84 valence electrons. The summed E-state index contributed by atoms with van der Waals surface area (Å²) >= 11 is 5.93. The first-order valence-corrected chi connectivity index (χ1v) is 5.59. The summed E-state index contributed by atoms with van der Waals surface area (Å²) in [5.74, 6) is 0.0139. The van der Waals surface area contributed by atoms with Crippen molar-refractivity contribution in [2.24, 2.45) is 0 Å². The average molecular weight is 237 g/mol. The number of amides is 1. The van der Waals surface area contributed by atoms with E-state index in [4.69, 9.17) is 11.6 Å². The van der Waals surface area contributed by atoms with Gasteiger partial charge in [0.1, 0.15) is 6.54 Å². The molecule has 1 aromatic carbocycles. The van der Waals surface area contributed by atoms with Gasteiger partial charge in [0.15, 0.2) is 0 Å². The molecular formula is C12H13ClN2O. The van der Waals surface area contributed by atoms with E-state index in [9.17, 15) is 4.79 Å². The number of likely N-dealkylation sites (N-methyl/N-ethyl adjacent to an activating group) is 1. The van der Waals surface area contributed by atoms with E-state index in [-0.39, 0.29) is 5.91 Å². The van der Waals surface area contributed by atoms with Crippen LogP contribution in [-0.4, -0.2) is 17.0 Å². The molecule has 0 aliphatic heterocycles. The molecule has 4 heteroatoms. The molecule has 2 aromatic rings. The summed E-state index contributed by atoms with van der Waals surface area (Å²) in [4.78, 5) is 11.5. The first-order chi connectivity index (χ1) is 7.70. The lowest BCUT2D eigenvalue weighted by molar-refractivity contribution is -0.121. The van der Waals surface area contributed by atoms with Gasteiger partial charge in [-0.1, -0.05) is 17.7 Å². The highest BCUT2D eigenvalue weighted by Crippen LogP contribution is 2.20. The van der Waals surface area contributed by atoms with Gasteiger partial charge in [-0.3, -0.25) is 4.79 Å². The molecule has 1 N–H and O–H groups in total. The van der Waals surface area contributed by atoms with Gasteiger partial charge >= 0.3 is 0 Å². The van der Waals surface area contributed by atoms with Crippen molar-refractivity contribution >= 4 is 28.4 Å². The number of carbonyl (C=O) groups is 1. The van der Waals surface area contributed by atoms with Gasteiger partial charge in [-0.25, -0.2) is 0 Å². The van der Waals surface area contributed by atoms with Crippen molar-refractivity contribution in [1.29, 1.82) is 0 Å². The van der Waals surface area contributed by atoms with Gasteiger partial charge in [-0.2, -0.15) is 0 Å². The minimum Gasteiger partial charge on any atom is -0.355 e. The first-order valence-electron chi connectivity index (χ1n) is 5.22. The van der Waals surface area contributed by atoms with Crippen LogP contribution in [0.5, 0.6) is 0 Å². The van der Waals surface area contributed by atoms with Crippen LogP contribution in [0.15, 0.2) is 30.5 Å². The summed E-state index contributed by atoms with van der Waals surface area (Å²) in [5.41, 5.74) is 0.985. The molecule has 0 unspecified atom stereocenters. The monoisotopic (exact) mass is 236 g/mol. The van der Waals surface area contributed by atoms with E-state index in [0.29, 0.717) is 18.1 Å². The Bertz CT molecular complexity index is 519. The number of nitrogens with one attached hydrogen (secondary N) is 1. The van der Waals surface area contributed by atoms with E-state index in [0.717, 1.165) is 10.9 Å². The molecule has 0 spiro atoms. The fraction of sp³-hybridized carbons (Fsp3) is 0.250. The minimum atomic E-state index is 0.0139. The fourth-order valence-corrected chi connectivity index (χ4v) is 1.87. The standard InChI is InChI=1S/C12H13ClN2O/c1-2-14-12(16)8-15-6-5-9-3-4-10(13)7-11(9)15/h3-7H,2,8H2,1H3,(H,14,16). The van der Waals surface area contributed by atoms with Gasteiger partial charge in [-0.05, 0) is 30.5 Å². The summed E-state index contributed by atoms with van der Waals surface area (Å²) < 4.78 is 1.90. The maximum Gasteiger partial charge on any atom is 0.239 e. The van der Waals surface area contributed by atoms with E-state index < -0.39 is 0 Å². The highest BCUT2D eigenvalue weighted by Gasteiger charge is 2.05. The number of hydrogen-bond donors (Lipinski definition) is 1. The van der Waals surface area contributed by atoms with Gasteiger partial charge in [0.2, 0.25) is 5.91 Å². The van der Waals surface area contributed by atoms with Gasteiger partial charge < -0.3 is 9.88 Å². The second kappa shape index (κ2) is 4.58. The summed E-state index contributed by atoms with van der Waals surface area (Å²) in [5, 5.41) is 4.55. The van der Waals surface area contributed by atoms with Crippen molar-refractivity contribution in [3.63, 3.8) is 0 Å². The molecule has 0 atom stereocenters. The highest BCUT2D eigenvalue weighted by atomic mass is 35.5. The summed E-state index contributed by atoms with van der Waals surface area (Å²) in [7, 11) is 0. The lowest BCUT2D eigenvalue weighted by Gasteiger charge is -2.05. The second-order valence-corrected chi connectivity index (χ2v) is 4.04. The Morgan fingerprint density at radius 1 is 1.44 bits per heavy atom. The van der Waals surface area contributed by atoms with Crippen LogP contribution in [0.25, 0.3) is 10.9 Å². The van der Waals surface area contributed by atoms with Crippen LogP contribution in [0.3, 0.4) is 0 Å². The third-order valence-corrected chi connectivity index (χ3v) is 2.66. The molecule has 0 saturated heterocycles. The molecule has 0 aliphatic carbocycles. The van der Waals surface area contributed by atoms with E-state index in [1.165, 1.54) is 0 Å². The average Bonchev–Trinajstić information content (AvgIpc) is 2.61. The van der Waals surface area contributed by atoms with Crippen molar-refractivity contribution in [2.75, 3.05) is 6.54 Å². The highest BCUT2D eigenvalue weighted by molar-refractivity contribution is 6.31. The van der Waals surface area contributed by atoms with Crippen LogP contribution in [-0.2, 0) is 11.3 Å². The van der Waals surface area contributed by atoms with Gasteiger partial charge in [0.05, 0.1) is 0 Å². The summed E-state index contributed by atoms with van der Waals surface area (Å²) in [6.45, 7) is 2.89. The third-order valence-electron chi connectivity index (χ3n) is 2.42. The predicted molar refractivity (Wildman–Crippen MR) is 65.6 cm³/mol. The summed E-state index contributed by atoms with van der Waals surface area (Å²) in [6.07, 6.45) is 1.90. The second-order valence-electron chi connectivity index (χ2n) is 3.60. The van der Waals surface area contributed by atoms with E-state index in [1.54, 1.807) is 0 Å². The molecule has 2 rings (SSSR count). The van der Waals surface area contributed by atoms with Crippen molar-refractivity contribution in [3.05, 3.63) is 35.5 Å². The first kappa shape index (κ1) is 11.0. The van der Waals surface area contributed by atoms with Crippen molar-refractivity contribution in [1.82, 2.24) is 9.88 Å². The van der Waals surface area contributed by atoms with Crippen molar-refractivity contribution < 1.29 is 4.79 Å². The van der Waals surface area contributed by atoms with Gasteiger partial charge in [-0.15, -0.1) is 0 Å². The zero-order valence-corrected chi connectivity index (χ0v) is 9.79. The quantitative estimate of drug-likeness (QED) is 0.873. The third kappa shape index (κ3) is 2.19. The molecule has 0 fully saturated rings. The van der Waals surface area contributed by atoms with E-state index in [2.05, 4.69) is 5.32 Å². The minimum absolute atomic E-state index is 0.0139. The number of benzene rings is 1. The Kier molecular flexibility index (Phi) is 3.15. The Balaban J connectivity index is 2.30. The molecule has 3 nitrogen and oxygen atoms in total. The SMILES string of the molecule is CCNC(=O)Cn1ccc2ccc(Cl)cc21. The number of rotatable bonds is 3. The van der Waals surface area contributed by atoms with Crippen LogP contribution in [0.1, 0.15) is 6.92 Å². The molecule has 1 amide bonds. The molecule has 1 aromatic heterocycles. The van der Waals surface area contributed by atoms with Crippen molar-refractivity contribution in [2.45, 2.75) is 13.5 Å². The maximum absolute atomic E-state index is 11.5. The van der Waals surface area contributed by atoms with E-state index in [1.807, 2.05) is 42.0 Å². The molecule has 16 heavy (non-hydrogen) atoms. The Morgan fingerprint density at radius 2 is 2.25 bits per heavy atom. The molecule has 0 aliphatic rings. The molecule has 0 bridgehead atoms. The zero-order valence-electron chi connectivity index (χ0n) is 9.03. The number of nitrogens with zero attached hydrogens (tertiary/aromatic N) is 1. The fourth-order valence-electron chi connectivity index (χ4n) is 1.70. The van der Waals surface area contributed by atoms with Crippen LogP contribution in [0, 0.1) is 0 Å². The molecular weight excluding hydrogens is 224 g/mol. The number of fused-ring (bicyclic) bond motifs is 1. The Labute approximate surface area is 99.0 Å². The molecule has 1 heterocycles. The van der Waals surface area contributed by atoms with E-state index >= 15 is 0 Å². The normalized spacial score (nSPS) is 10.6. The van der Waals surface area contributed by atoms with Crippen LogP contribution in [0.4, 0.5) is 0 Å². The Morgan fingerprint density at radius 3 is 3.00 bits per heavy atom. The molecule has 0 saturated carbocycles. The van der Waals surface area contributed by atoms with Gasteiger partial charge in [0.25, 0.3) is 0 Å². The Hall–Kier alpha value is -1.48. The topological polar surface area (TPSA) is 34.0 Å². The van der Waals surface area contributed by atoms with Crippen LogP contribution in [0.2, 0.25) is 5.02 Å². The van der Waals surface area contributed by atoms with Crippen LogP contribution < -0.4 is 5.32 Å². The van der Waals surface area contributed by atoms with Gasteiger partial charge in [0, 0.05) is 23.3 Å². The molecule has 0 radical (unpaired) electrons. The number of aromatic nitrogens is 1. The smallest absolute Gasteiger partial charge is 0.239 e.